The number of benzene rings is 1. The van der Waals surface area contributed by atoms with Gasteiger partial charge in [-0.2, -0.15) is 0 Å². The second kappa shape index (κ2) is 7.49. The molecule has 1 rings (SSSR count). The van der Waals surface area contributed by atoms with Gasteiger partial charge in [0, 0.05) is 25.2 Å². The van der Waals surface area contributed by atoms with Crippen LogP contribution in [-0.4, -0.2) is 18.6 Å². The lowest BCUT2D eigenvalue weighted by atomic mass is 10.1. The van der Waals surface area contributed by atoms with Crippen molar-refractivity contribution < 1.29 is 4.39 Å². The van der Waals surface area contributed by atoms with Crippen molar-refractivity contribution in [2.45, 2.75) is 59.7 Å². The topological polar surface area (TPSA) is 15.3 Å². The fourth-order valence-electron chi connectivity index (χ4n) is 2.16. The zero-order chi connectivity index (χ0) is 14.4. The predicted octanol–water partition coefficient (Wildman–Crippen LogP) is 3.95. The minimum Gasteiger partial charge on any atom is -0.367 e. The molecule has 108 valence electrons. The molecule has 2 nitrogen and oxygen atoms in total. The Kier molecular flexibility index (Phi) is 6.29. The van der Waals surface area contributed by atoms with Gasteiger partial charge in [-0.1, -0.05) is 26.8 Å². The van der Waals surface area contributed by atoms with E-state index in [1.165, 1.54) is 0 Å². The quantitative estimate of drug-likeness (QED) is 0.804. The van der Waals surface area contributed by atoms with E-state index < -0.39 is 0 Å². The monoisotopic (exact) mass is 266 g/mol. The molecule has 3 heteroatoms. The normalized spacial score (nSPS) is 12.8. The SMILES string of the molecule is CCC(C)N(CC)c1ccc(CNC(C)C)cc1F. The van der Waals surface area contributed by atoms with Crippen LogP contribution in [-0.2, 0) is 6.54 Å². The zero-order valence-electron chi connectivity index (χ0n) is 12.8. The minimum absolute atomic E-state index is 0.120. The Hall–Kier alpha value is -1.09. The Morgan fingerprint density at radius 1 is 1.21 bits per heavy atom. The smallest absolute Gasteiger partial charge is 0.146 e. The second-order valence-electron chi connectivity index (χ2n) is 5.36. The van der Waals surface area contributed by atoms with Gasteiger partial charge in [0.15, 0.2) is 0 Å². The molecule has 0 bridgehead atoms. The molecule has 0 heterocycles. The van der Waals surface area contributed by atoms with Gasteiger partial charge in [0.25, 0.3) is 0 Å². The maximum absolute atomic E-state index is 14.2. The van der Waals surface area contributed by atoms with Gasteiger partial charge in [-0.25, -0.2) is 4.39 Å². The third kappa shape index (κ3) is 4.50. The van der Waals surface area contributed by atoms with Crippen molar-refractivity contribution in [1.82, 2.24) is 5.32 Å². The summed E-state index contributed by atoms with van der Waals surface area (Å²) in [6.45, 7) is 12.1. The molecule has 0 amide bonds. The van der Waals surface area contributed by atoms with Crippen LogP contribution in [0.3, 0.4) is 0 Å². The average Bonchev–Trinajstić information content (AvgIpc) is 2.38. The largest absolute Gasteiger partial charge is 0.367 e. The van der Waals surface area contributed by atoms with Crippen molar-refractivity contribution in [3.63, 3.8) is 0 Å². The first-order chi connectivity index (χ1) is 8.99. The van der Waals surface area contributed by atoms with Gasteiger partial charge >= 0.3 is 0 Å². The lowest BCUT2D eigenvalue weighted by Gasteiger charge is -2.30. The van der Waals surface area contributed by atoms with Crippen LogP contribution in [0.15, 0.2) is 18.2 Å². The maximum Gasteiger partial charge on any atom is 0.146 e. The average molecular weight is 266 g/mol. The van der Waals surface area contributed by atoms with E-state index in [0.717, 1.165) is 18.5 Å². The Balaban J connectivity index is 2.86. The molecule has 0 fully saturated rings. The number of hydrogen-bond acceptors (Lipinski definition) is 2. The molecule has 0 aliphatic rings. The number of rotatable bonds is 7. The first-order valence-corrected chi connectivity index (χ1v) is 7.28. The third-order valence-electron chi connectivity index (χ3n) is 3.50. The summed E-state index contributed by atoms with van der Waals surface area (Å²) in [6, 6.07) is 6.34. The molecular formula is C16H27FN2. The first-order valence-electron chi connectivity index (χ1n) is 7.28. The van der Waals surface area contributed by atoms with E-state index in [2.05, 4.69) is 44.8 Å². The molecule has 0 aliphatic heterocycles. The first kappa shape index (κ1) is 16.0. The molecular weight excluding hydrogens is 239 g/mol. The number of hydrogen-bond donors (Lipinski definition) is 1. The summed E-state index contributed by atoms with van der Waals surface area (Å²) in [5.41, 5.74) is 1.71. The van der Waals surface area contributed by atoms with Gasteiger partial charge in [-0.05, 0) is 38.0 Å². The van der Waals surface area contributed by atoms with Gasteiger partial charge in [0.2, 0.25) is 0 Å². The van der Waals surface area contributed by atoms with Crippen molar-refractivity contribution in [2.24, 2.45) is 0 Å². The summed E-state index contributed by atoms with van der Waals surface area (Å²) < 4.78 is 14.2. The number of anilines is 1. The number of nitrogens with one attached hydrogen (secondary N) is 1. The lowest BCUT2D eigenvalue weighted by Crippen LogP contribution is -2.33. The molecule has 1 atom stereocenters. The highest BCUT2D eigenvalue weighted by molar-refractivity contribution is 5.50. The van der Waals surface area contributed by atoms with Gasteiger partial charge in [0.1, 0.15) is 5.82 Å². The molecule has 0 aromatic heterocycles. The van der Waals surface area contributed by atoms with Crippen LogP contribution >= 0.6 is 0 Å². The van der Waals surface area contributed by atoms with Crippen molar-refractivity contribution in [2.75, 3.05) is 11.4 Å². The van der Waals surface area contributed by atoms with Crippen LogP contribution < -0.4 is 10.2 Å². The lowest BCUT2D eigenvalue weighted by molar-refractivity contribution is 0.570. The van der Waals surface area contributed by atoms with E-state index in [-0.39, 0.29) is 5.82 Å². The van der Waals surface area contributed by atoms with Crippen LogP contribution in [0.5, 0.6) is 0 Å². The number of halogens is 1. The Morgan fingerprint density at radius 2 is 1.89 bits per heavy atom. The van der Waals surface area contributed by atoms with Crippen LogP contribution in [0.2, 0.25) is 0 Å². The van der Waals surface area contributed by atoms with Gasteiger partial charge in [0.05, 0.1) is 5.69 Å². The Morgan fingerprint density at radius 3 is 2.37 bits per heavy atom. The van der Waals surface area contributed by atoms with Crippen LogP contribution in [0.25, 0.3) is 0 Å². The van der Waals surface area contributed by atoms with Gasteiger partial charge in [-0.15, -0.1) is 0 Å². The van der Waals surface area contributed by atoms with E-state index >= 15 is 0 Å². The molecule has 0 saturated carbocycles. The van der Waals surface area contributed by atoms with Crippen molar-refractivity contribution in [3.8, 4) is 0 Å². The van der Waals surface area contributed by atoms with Crippen LogP contribution in [0.1, 0.15) is 46.6 Å². The molecule has 1 unspecified atom stereocenters. The molecule has 1 N–H and O–H groups in total. The maximum atomic E-state index is 14.2. The van der Waals surface area contributed by atoms with Crippen molar-refractivity contribution >= 4 is 5.69 Å². The highest BCUT2D eigenvalue weighted by Gasteiger charge is 2.15. The Labute approximate surface area is 117 Å². The van der Waals surface area contributed by atoms with Crippen LogP contribution in [0.4, 0.5) is 10.1 Å². The standard InChI is InChI=1S/C16H27FN2/c1-6-13(5)19(7-2)16-9-8-14(10-15(16)17)11-18-12(3)4/h8-10,12-13,18H,6-7,11H2,1-5H3. The molecule has 19 heavy (non-hydrogen) atoms. The highest BCUT2D eigenvalue weighted by Crippen LogP contribution is 2.23. The van der Waals surface area contributed by atoms with Crippen LogP contribution in [0, 0.1) is 5.82 Å². The Bertz CT molecular complexity index is 390. The summed E-state index contributed by atoms with van der Waals surface area (Å²) in [5, 5.41) is 3.31. The predicted molar refractivity (Wildman–Crippen MR) is 81.1 cm³/mol. The summed E-state index contributed by atoms with van der Waals surface area (Å²) in [4.78, 5) is 2.12. The van der Waals surface area contributed by atoms with Crippen molar-refractivity contribution in [3.05, 3.63) is 29.6 Å². The molecule has 0 radical (unpaired) electrons. The zero-order valence-corrected chi connectivity index (χ0v) is 12.8. The van der Waals surface area contributed by atoms with E-state index in [9.17, 15) is 4.39 Å². The molecule has 1 aromatic rings. The summed E-state index contributed by atoms with van der Waals surface area (Å²) >= 11 is 0. The molecule has 0 aliphatic carbocycles. The number of nitrogens with zero attached hydrogens (tertiary/aromatic N) is 1. The fraction of sp³-hybridized carbons (Fsp3) is 0.625. The van der Waals surface area contributed by atoms with E-state index in [1.54, 1.807) is 6.07 Å². The molecule has 1 aromatic carbocycles. The molecule has 0 saturated heterocycles. The third-order valence-corrected chi connectivity index (χ3v) is 3.50. The van der Waals surface area contributed by atoms with Crippen molar-refractivity contribution in [1.29, 1.82) is 0 Å². The summed E-state index contributed by atoms with van der Waals surface area (Å²) in [6.07, 6.45) is 1.02. The van der Waals surface area contributed by atoms with E-state index in [0.29, 0.717) is 24.3 Å². The van der Waals surface area contributed by atoms with Gasteiger partial charge in [-0.3, -0.25) is 0 Å². The van der Waals surface area contributed by atoms with Gasteiger partial charge < -0.3 is 10.2 Å². The summed E-state index contributed by atoms with van der Waals surface area (Å²) in [7, 11) is 0. The van der Waals surface area contributed by atoms with E-state index in [4.69, 9.17) is 0 Å². The van der Waals surface area contributed by atoms with E-state index in [1.807, 2.05) is 12.1 Å². The highest BCUT2D eigenvalue weighted by atomic mass is 19.1. The molecule has 0 spiro atoms. The fourth-order valence-corrected chi connectivity index (χ4v) is 2.16. The second-order valence-corrected chi connectivity index (χ2v) is 5.36. The summed E-state index contributed by atoms with van der Waals surface area (Å²) in [5.74, 6) is -0.120. The minimum atomic E-state index is -0.120.